The zero-order valence-corrected chi connectivity index (χ0v) is 13.4. The van der Waals surface area contributed by atoms with Gasteiger partial charge in [0, 0.05) is 16.9 Å². The Kier molecular flexibility index (Phi) is 3.99. The number of hydrogen-bond donors (Lipinski definition) is 3. The topological polar surface area (TPSA) is 87.7 Å². The van der Waals surface area contributed by atoms with Crippen molar-refractivity contribution < 1.29 is 19.4 Å². The number of carbonyl (C=O) groups is 2. The molecule has 2 atom stereocenters. The summed E-state index contributed by atoms with van der Waals surface area (Å²) in [4.78, 5) is 24.6. The van der Waals surface area contributed by atoms with E-state index in [1.807, 2.05) is 0 Å². The molecule has 0 saturated carbocycles. The van der Waals surface area contributed by atoms with Crippen molar-refractivity contribution in [2.24, 2.45) is 0 Å². The second-order valence-electron chi connectivity index (χ2n) is 5.67. The van der Waals surface area contributed by atoms with Crippen LogP contribution >= 0.6 is 0 Å². The molecular formula is C18H18N2O4. The molecular weight excluding hydrogens is 308 g/mol. The molecule has 0 fully saturated rings. The van der Waals surface area contributed by atoms with Gasteiger partial charge in [0.05, 0.1) is 7.11 Å². The van der Waals surface area contributed by atoms with E-state index in [1.165, 1.54) is 6.92 Å². The summed E-state index contributed by atoms with van der Waals surface area (Å²) in [6, 6.07) is 13.9. The minimum absolute atomic E-state index is 0.470. The number of anilines is 2. The number of nitrogens with one attached hydrogen (secondary N) is 2. The monoisotopic (exact) mass is 326 g/mol. The number of aliphatic hydroxyl groups is 1. The SMILES string of the molecule is COc1ccc(N[C@]2([C@@H](O)C(C)=O)C(=O)Nc3ccccc32)cc1. The fourth-order valence-corrected chi connectivity index (χ4v) is 2.95. The minimum Gasteiger partial charge on any atom is -0.497 e. The van der Waals surface area contributed by atoms with Crippen molar-refractivity contribution >= 4 is 23.1 Å². The van der Waals surface area contributed by atoms with Gasteiger partial charge in [-0.15, -0.1) is 0 Å². The first-order chi connectivity index (χ1) is 11.5. The van der Waals surface area contributed by atoms with E-state index in [-0.39, 0.29) is 0 Å². The van der Waals surface area contributed by atoms with Gasteiger partial charge in [-0.05, 0) is 37.3 Å². The van der Waals surface area contributed by atoms with Crippen molar-refractivity contribution in [2.45, 2.75) is 18.6 Å². The van der Waals surface area contributed by atoms with Crippen molar-refractivity contribution in [3.63, 3.8) is 0 Å². The highest BCUT2D eigenvalue weighted by Gasteiger charge is 2.54. The van der Waals surface area contributed by atoms with Gasteiger partial charge in [-0.1, -0.05) is 18.2 Å². The molecule has 3 rings (SSSR count). The quantitative estimate of drug-likeness (QED) is 0.781. The number of fused-ring (bicyclic) bond motifs is 1. The maximum Gasteiger partial charge on any atom is 0.258 e. The summed E-state index contributed by atoms with van der Waals surface area (Å²) >= 11 is 0. The number of ketones is 1. The lowest BCUT2D eigenvalue weighted by molar-refractivity contribution is -0.135. The number of rotatable bonds is 5. The molecule has 0 saturated heterocycles. The van der Waals surface area contributed by atoms with Crippen molar-refractivity contribution in [3.05, 3.63) is 54.1 Å². The summed E-state index contributed by atoms with van der Waals surface area (Å²) in [6.45, 7) is 1.26. The number of ether oxygens (including phenoxy) is 1. The predicted molar refractivity (Wildman–Crippen MR) is 90.1 cm³/mol. The summed E-state index contributed by atoms with van der Waals surface area (Å²) in [6.07, 6.45) is -1.52. The average molecular weight is 326 g/mol. The summed E-state index contributed by atoms with van der Waals surface area (Å²) < 4.78 is 5.12. The van der Waals surface area contributed by atoms with E-state index >= 15 is 0 Å². The number of methoxy groups -OCH3 is 1. The highest BCUT2D eigenvalue weighted by molar-refractivity contribution is 6.11. The van der Waals surface area contributed by atoms with E-state index in [9.17, 15) is 14.7 Å². The summed E-state index contributed by atoms with van der Waals surface area (Å²) in [5, 5.41) is 16.3. The van der Waals surface area contributed by atoms with E-state index in [0.717, 1.165) is 0 Å². The number of amides is 1. The molecule has 24 heavy (non-hydrogen) atoms. The Hall–Kier alpha value is -2.86. The van der Waals surface area contributed by atoms with Gasteiger partial charge >= 0.3 is 0 Å². The normalized spacial score (nSPS) is 20.0. The average Bonchev–Trinajstić information content (AvgIpc) is 2.87. The Labute approximate surface area is 139 Å². The van der Waals surface area contributed by atoms with Crippen LogP contribution in [-0.4, -0.2) is 30.0 Å². The van der Waals surface area contributed by atoms with Gasteiger partial charge in [0.15, 0.2) is 11.3 Å². The lowest BCUT2D eigenvalue weighted by atomic mass is 9.83. The molecule has 0 spiro atoms. The molecule has 0 aliphatic carbocycles. The molecule has 1 aliphatic rings. The van der Waals surface area contributed by atoms with Gasteiger partial charge in [-0.2, -0.15) is 0 Å². The summed E-state index contributed by atoms with van der Waals surface area (Å²) in [5.74, 6) is -0.303. The predicted octanol–water partition coefficient (Wildman–Crippen LogP) is 1.90. The number of para-hydroxylation sites is 1. The Morgan fingerprint density at radius 2 is 1.88 bits per heavy atom. The number of benzene rings is 2. The van der Waals surface area contributed by atoms with Crippen LogP contribution in [0, 0.1) is 0 Å². The van der Waals surface area contributed by atoms with Crippen molar-refractivity contribution in [3.8, 4) is 5.75 Å². The van der Waals surface area contributed by atoms with E-state index in [2.05, 4.69) is 10.6 Å². The fraction of sp³-hybridized carbons (Fsp3) is 0.222. The van der Waals surface area contributed by atoms with E-state index < -0.39 is 23.3 Å². The Morgan fingerprint density at radius 3 is 2.50 bits per heavy atom. The van der Waals surface area contributed by atoms with Crippen LogP contribution in [0.1, 0.15) is 12.5 Å². The lowest BCUT2D eigenvalue weighted by Crippen LogP contribution is -2.54. The van der Waals surface area contributed by atoms with Crippen LogP contribution in [0.3, 0.4) is 0 Å². The molecule has 6 heteroatoms. The molecule has 1 heterocycles. The van der Waals surface area contributed by atoms with Crippen LogP contribution < -0.4 is 15.4 Å². The zero-order valence-electron chi connectivity index (χ0n) is 13.4. The molecule has 2 aromatic carbocycles. The lowest BCUT2D eigenvalue weighted by Gasteiger charge is -2.33. The van der Waals surface area contributed by atoms with Crippen molar-refractivity contribution in [1.29, 1.82) is 0 Å². The maximum absolute atomic E-state index is 12.7. The van der Waals surface area contributed by atoms with Crippen LogP contribution in [0.15, 0.2) is 48.5 Å². The molecule has 0 bridgehead atoms. The fourth-order valence-electron chi connectivity index (χ4n) is 2.95. The third-order valence-corrected chi connectivity index (χ3v) is 4.19. The zero-order chi connectivity index (χ0) is 17.3. The molecule has 3 N–H and O–H groups in total. The van der Waals surface area contributed by atoms with Gasteiger partial charge in [0.2, 0.25) is 0 Å². The van der Waals surface area contributed by atoms with Crippen molar-refractivity contribution in [2.75, 3.05) is 17.7 Å². The Balaban J connectivity index is 2.10. The van der Waals surface area contributed by atoms with Gasteiger partial charge in [-0.25, -0.2) is 0 Å². The summed E-state index contributed by atoms with van der Waals surface area (Å²) in [7, 11) is 1.56. The Bertz CT molecular complexity index is 788. The van der Waals surface area contributed by atoms with E-state index in [4.69, 9.17) is 4.74 Å². The first-order valence-corrected chi connectivity index (χ1v) is 7.50. The number of Topliss-reactive ketones (excluding diaryl/α,β-unsaturated/α-hetero) is 1. The number of aliphatic hydroxyl groups excluding tert-OH is 1. The second-order valence-corrected chi connectivity index (χ2v) is 5.67. The van der Waals surface area contributed by atoms with E-state index in [0.29, 0.717) is 22.7 Å². The maximum atomic E-state index is 12.7. The molecule has 1 amide bonds. The first-order valence-electron chi connectivity index (χ1n) is 7.50. The van der Waals surface area contributed by atoms with Gasteiger partial charge in [0.1, 0.15) is 11.9 Å². The minimum atomic E-state index is -1.57. The third kappa shape index (κ3) is 2.41. The molecule has 6 nitrogen and oxygen atoms in total. The second kappa shape index (κ2) is 5.98. The number of hydrogen-bond acceptors (Lipinski definition) is 5. The largest absolute Gasteiger partial charge is 0.497 e. The molecule has 1 aliphatic heterocycles. The van der Waals surface area contributed by atoms with Crippen LogP contribution in [-0.2, 0) is 15.1 Å². The van der Waals surface area contributed by atoms with Gasteiger partial charge in [0.25, 0.3) is 5.91 Å². The molecule has 0 radical (unpaired) electrons. The van der Waals surface area contributed by atoms with Crippen LogP contribution in [0.2, 0.25) is 0 Å². The smallest absolute Gasteiger partial charge is 0.258 e. The van der Waals surface area contributed by atoms with Crippen molar-refractivity contribution in [1.82, 2.24) is 0 Å². The first kappa shape index (κ1) is 16.0. The van der Waals surface area contributed by atoms with Gasteiger partial charge in [-0.3, -0.25) is 9.59 Å². The van der Waals surface area contributed by atoms with Gasteiger partial charge < -0.3 is 20.5 Å². The van der Waals surface area contributed by atoms with Crippen LogP contribution in [0.5, 0.6) is 5.75 Å². The highest BCUT2D eigenvalue weighted by Crippen LogP contribution is 2.41. The third-order valence-electron chi connectivity index (χ3n) is 4.19. The Morgan fingerprint density at radius 1 is 1.21 bits per heavy atom. The standard InChI is InChI=1S/C18H18N2O4/c1-11(21)16(22)18(20-12-7-9-13(24-2)10-8-12)14-5-3-4-6-15(14)19-17(18)23/h3-10,16,20,22H,1-2H3,(H,19,23)/t16-,18+/m0/s1. The molecule has 0 aromatic heterocycles. The van der Waals surface area contributed by atoms with Crippen LogP contribution in [0.25, 0.3) is 0 Å². The summed E-state index contributed by atoms with van der Waals surface area (Å²) in [5.41, 5.74) is 0.122. The molecule has 2 aromatic rings. The highest BCUT2D eigenvalue weighted by atomic mass is 16.5. The molecule has 124 valence electrons. The molecule has 0 unspecified atom stereocenters. The van der Waals surface area contributed by atoms with Crippen LogP contribution in [0.4, 0.5) is 11.4 Å². The number of carbonyl (C=O) groups excluding carboxylic acids is 2. The van der Waals surface area contributed by atoms with E-state index in [1.54, 1.807) is 55.6 Å².